The van der Waals surface area contributed by atoms with Crippen LogP contribution >= 0.6 is 11.8 Å². The Morgan fingerprint density at radius 2 is 1.89 bits per heavy atom. The molecule has 7 nitrogen and oxygen atoms in total. The van der Waals surface area contributed by atoms with Crippen molar-refractivity contribution in [1.82, 2.24) is 19.3 Å². The van der Waals surface area contributed by atoms with Gasteiger partial charge in [0.1, 0.15) is 5.75 Å². The van der Waals surface area contributed by atoms with Gasteiger partial charge in [-0.1, -0.05) is 49.2 Å². The Bertz CT molecular complexity index is 1390. The minimum Gasteiger partial charge on any atom is -0.497 e. The number of nitrogens with zero attached hydrogens (tertiary/aromatic N) is 5. The van der Waals surface area contributed by atoms with Crippen LogP contribution in [0.25, 0.3) is 22.3 Å². The Hall–Kier alpha value is -3.57. The Balaban J connectivity index is 1.42. The molecular formula is C28H29N5O2S. The second kappa shape index (κ2) is 11.0. The third-order valence-corrected chi connectivity index (χ3v) is 7.78. The zero-order valence-corrected chi connectivity index (χ0v) is 21.2. The molecule has 1 aliphatic carbocycles. The molecule has 36 heavy (non-hydrogen) atoms. The number of ether oxygens (including phenoxy) is 1. The number of benzene rings is 2. The molecule has 1 aliphatic rings. The van der Waals surface area contributed by atoms with Gasteiger partial charge in [0.2, 0.25) is 0 Å². The number of carbonyl (C=O) groups excluding carboxylic acids is 1. The Labute approximate surface area is 215 Å². The highest BCUT2D eigenvalue weighted by Crippen LogP contribution is 2.36. The first-order valence-corrected chi connectivity index (χ1v) is 13.4. The zero-order valence-electron chi connectivity index (χ0n) is 20.4. The second-order valence-corrected chi connectivity index (χ2v) is 10.0. The first-order chi connectivity index (χ1) is 17.7. The van der Waals surface area contributed by atoms with E-state index >= 15 is 0 Å². The maximum Gasteiger partial charge on any atom is 0.192 e. The summed E-state index contributed by atoms with van der Waals surface area (Å²) in [5.74, 6) is 1.97. The van der Waals surface area contributed by atoms with Crippen LogP contribution in [0.15, 0.2) is 59.9 Å². The number of hydrogen-bond donors (Lipinski definition) is 0. The average molecular weight is 500 g/mol. The van der Waals surface area contributed by atoms with Crippen molar-refractivity contribution in [3.05, 3.63) is 60.3 Å². The maximum atomic E-state index is 13.4. The van der Waals surface area contributed by atoms with E-state index < -0.39 is 0 Å². The van der Waals surface area contributed by atoms with Crippen LogP contribution in [0.1, 0.15) is 54.9 Å². The van der Waals surface area contributed by atoms with E-state index in [1.54, 1.807) is 7.11 Å². The molecule has 0 spiro atoms. The number of thioether (sulfide) groups is 1. The highest BCUT2D eigenvalue weighted by atomic mass is 32.2. The summed E-state index contributed by atoms with van der Waals surface area (Å²) in [4.78, 5) is 13.4. The van der Waals surface area contributed by atoms with E-state index in [0.29, 0.717) is 24.6 Å². The number of nitriles is 1. The van der Waals surface area contributed by atoms with Crippen LogP contribution in [-0.2, 0) is 6.54 Å². The number of hydrogen-bond acceptors (Lipinski definition) is 6. The quantitative estimate of drug-likeness (QED) is 0.198. The molecule has 0 saturated heterocycles. The summed E-state index contributed by atoms with van der Waals surface area (Å²) in [6, 6.07) is 18.3. The predicted molar refractivity (Wildman–Crippen MR) is 141 cm³/mol. The molecule has 4 aromatic rings. The monoisotopic (exact) mass is 499 g/mol. The minimum absolute atomic E-state index is 0.0519. The van der Waals surface area contributed by atoms with E-state index in [9.17, 15) is 4.79 Å². The van der Waals surface area contributed by atoms with Gasteiger partial charge < -0.3 is 9.30 Å². The molecule has 1 fully saturated rings. The van der Waals surface area contributed by atoms with Gasteiger partial charge >= 0.3 is 0 Å². The fourth-order valence-electron chi connectivity index (χ4n) is 5.01. The molecule has 0 amide bonds. The topological polar surface area (TPSA) is 85.7 Å². The van der Waals surface area contributed by atoms with Crippen LogP contribution in [-0.4, -0.2) is 38.0 Å². The molecule has 0 atom stereocenters. The molecule has 0 unspecified atom stereocenters. The van der Waals surface area contributed by atoms with Gasteiger partial charge in [-0.3, -0.25) is 9.36 Å². The van der Waals surface area contributed by atoms with Gasteiger partial charge in [-0.15, -0.1) is 10.2 Å². The first kappa shape index (κ1) is 24.1. The molecule has 8 heteroatoms. The van der Waals surface area contributed by atoms with Crippen LogP contribution in [0.3, 0.4) is 0 Å². The second-order valence-electron chi connectivity index (χ2n) is 9.07. The van der Waals surface area contributed by atoms with Crippen LogP contribution in [0, 0.1) is 11.3 Å². The molecule has 0 radical (unpaired) electrons. The number of Topliss-reactive ketones (excluding diaryl/α,β-unsaturated/α-hetero) is 1. The van der Waals surface area contributed by atoms with Crippen molar-refractivity contribution in [3.63, 3.8) is 0 Å². The highest BCUT2D eigenvalue weighted by molar-refractivity contribution is 7.99. The number of aryl methyl sites for hydroxylation is 1. The number of aromatic nitrogens is 4. The molecule has 2 aromatic heterocycles. The molecule has 0 N–H and O–H groups in total. The first-order valence-electron chi connectivity index (χ1n) is 12.4. The molecule has 0 bridgehead atoms. The summed E-state index contributed by atoms with van der Waals surface area (Å²) in [6.45, 7) is 0.568. The number of rotatable bonds is 9. The number of carbonyl (C=O) groups is 1. The van der Waals surface area contributed by atoms with Crippen LogP contribution in [0.2, 0.25) is 0 Å². The lowest BCUT2D eigenvalue weighted by Crippen LogP contribution is -2.15. The Morgan fingerprint density at radius 1 is 1.11 bits per heavy atom. The number of methoxy groups -OCH3 is 1. The van der Waals surface area contributed by atoms with Crippen molar-refractivity contribution in [1.29, 1.82) is 5.26 Å². The molecular weight excluding hydrogens is 470 g/mol. The summed E-state index contributed by atoms with van der Waals surface area (Å²) in [5.41, 5.74) is 2.66. The van der Waals surface area contributed by atoms with Crippen LogP contribution in [0.5, 0.6) is 5.75 Å². The molecule has 2 heterocycles. The van der Waals surface area contributed by atoms with Crippen molar-refractivity contribution < 1.29 is 9.53 Å². The molecule has 2 aromatic carbocycles. The van der Waals surface area contributed by atoms with Crippen molar-refractivity contribution in [2.24, 2.45) is 0 Å². The van der Waals surface area contributed by atoms with Crippen molar-refractivity contribution in [2.45, 2.75) is 56.3 Å². The summed E-state index contributed by atoms with van der Waals surface area (Å²) in [5, 5.41) is 19.8. The van der Waals surface area contributed by atoms with E-state index in [1.165, 1.54) is 31.0 Å². The predicted octanol–water partition coefficient (Wildman–Crippen LogP) is 6.30. The smallest absolute Gasteiger partial charge is 0.192 e. The van der Waals surface area contributed by atoms with E-state index in [1.807, 2.05) is 59.3 Å². The third kappa shape index (κ3) is 4.89. The highest BCUT2D eigenvalue weighted by Gasteiger charge is 2.25. The van der Waals surface area contributed by atoms with Gasteiger partial charge in [0.15, 0.2) is 16.8 Å². The van der Waals surface area contributed by atoms with Gasteiger partial charge in [-0.05, 0) is 43.2 Å². The Morgan fingerprint density at radius 3 is 2.64 bits per heavy atom. The lowest BCUT2D eigenvalue weighted by molar-refractivity contribution is 0.102. The van der Waals surface area contributed by atoms with Gasteiger partial charge in [0.25, 0.3) is 0 Å². The van der Waals surface area contributed by atoms with Gasteiger partial charge in [-0.25, -0.2) is 0 Å². The summed E-state index contributed by atoms with van der Waals surface area (Å²) in [7, 11) is 1.66. The normalized spacial score (nSPS) is 14.1. The zero-order chi connectivity index (χ0) is 24.9. The molecule has 1 saturated carbocycles. The lowest BCUT2D eigenvalue weighted by Gasteiger charge is -2.25. The van der Waals surface area contributed by atoms with E-state index in [4.69, 9.17) is 10.00 Å². The lowest BCUT2D eigenvalue weighted by atomic mass is 9.95. The molecule has 0 aliphatic heterocycles. The average Bonchev–Trinajstić information content (AvgIpc) is 3.53. The fourth-order valence-corrected chi connectivity index (χ4v) is 5.90. The molecule has 5 rings (SSSR count). The third-order valence-electron chi connectivity index (χ3n) is 6.84. The largest absolute Gasteiger partial charge is 0.497 e. The summed E-state index contributed by atoms with van der Waals surface area (Å²) >= 11 is 1.46. The number of para-hydroxylation sites is 1. The summed E-state index contributed by atoms with van der Waals surface area (Å²) < 4.78 is 9.56. The standard InChI is InChI=1S/C28H29N5O2S/c1-35-22-14-12-20(13-15-22)27-30-31-28(33(27)21-8-3-2-4-9-21)36-19-26(34)24-18-32(17-7-16-29)25-11-6-5-10-23(24)25/h5-6,10-15,18,21H,2-4,7-9,17,19H2,1H3. The fraction of sp³-hybridized carbons (Fsp3) is 0.357. The van der Waals surface area contributed by atoms with Crippen LogP contribution < -0.4 is 4.74 Å². The van der Waals surface area contributed by atoms with Gasteiger partial charge in [-0.2, -0.15) is 5.26 Å². The van der Waals surface area contributed by atoms with Crippen LogP contribution in [0.4, 0.5) is 0 Å². The maximum absolute atomic E-state index is 13.4. The number of ketones is 1. The van der Waals surface area contributed by atoms with Gasteiger partial charge in [0.05, 0.1) is 25.4 Å². The minimum atomic E-state index is 0.0519. The van der Waals surface area contributed by atoms with Crippen molar-refractivity contribution in [3.8, 4) is 23.2 Å². The van der Waals surface area contributed by atoms with Crippen molar-refractivity contribution >= 4 is 28.4 Å². The van der Waals surface area contributed by atoms with E-state index in [-0.39, 0.29) is 11.5 Å². The van der Waals surface area contributed by atoms with E-state index in [2.05, 4.69) is 20.8 Å². The SMILES string of the molecule is COc1ccc(-c2nnc(SCC(=O)c3cn(CCC#N)c4ccccc34)n2C2CCCCC2)cc1. The Kier molecular flexibility index (Phi) is 7.38. The summed E-state index contributed by atoms with van der Waals surface area (Å²) in [6.07, 6.45) is 8.11. The molecule has 184 valence electrons. The number of fused-ring (bicyclic) bond motifs is 1. The van der Waals surface area contributed by atoms with E-state index in [0.717, 1.165) is 46.0 Å². The van der Waals surface area contributed by atoms with Crippen molar-refractivity contribution in [2.75, 3.05) is 12.9 Å². The van der Waals surface area contributed by atoms with Gasteiger partial charge in [0, 0.05) is 40.8 Å².